The number of hydrogen-bond donors (Lipinski definition) is 0. The Hall–Kier alpha value is -0.990. The first-order chi connectivity index (χ1) is 4.29. The van der Waals surface area contributed by atoms with E-state index in [1.165, 1.54) is 6.39 Å². The third kappa shape index (κ3) is 1.76. The van der Waals surface area contributed by atoms with Gasteiger partial charge in [0.15, 0.2) is 6.39 Å². The molecule has 1 aromatic rings. The Kier molecular flexibility index (Phi) is 1.72. The van der Waals surface area contributed by atoms with Gasteiger partial charge in [-0.1, -0.05) is 0 Å². The average Bonchev–Trinajstić information content (AvgIpc) is 2.15. The molecule has 3 heteroatoms. The number of ether oxygens (including phenoxy) is 1. The molecule has 0 radical (unpaired) electrons. The van der Waals surface area contributed by atoms with Crippen LogP contribution < -0.4 is 4.74 Å². The Morgan fingerprint density at radius 3 is 2.89 bits per heavy atom. The summed E-state index contributed by atoms with van der Waals surface area (Å²) < 4.78 is 9.94. The fraction of sp³-hybridized carbons (Fsp3) is 0.500. The first-order valence-electron chi connectivity index (χ1n) is 2.84. The second-order valence-corrected chi connectivity index (χ2v) is 1.99. The zero-order valence-electron chi connectivity index (χ0n) is 5.50. The topological polar surface area (TPSA) is 35.3 Å². The summed E-state index contributed by atoms with van der Waals surface area (Å²) in [4.78, 5) is 3.68. The molecule has 0 aliphatic heterocycles. The van der Waals surface area contributed by atoms with Crippen molar-refractivity contribution in [3.63, 3.8) is 0 Å². The lowest BCUT2D eigenvalue weighted by molar-refractivity contribution is 0.186. The summed E-state index contributed by atoms with van der Waals surface area (Å²) in [5.74, 6) is 0.477. The number of oxazole rings is 1. The van der Waals surface area contributed by atoms with Crippen molar-refractivity contribution in [2.45, 2.75) is 20.0 Å². The van der Waals surface area contributed by atoms with Crippen LogP contribution in [0.15, 0.2) is 17.0 Å². The maximum atomic E-state index is 5.12. The third-order valence-corrected chi connectivity index (χ3v) is 0.762. The van der Waals surface area contributed by atoms with Crippen molar-refractivity contribution in [1.82, 2.24) is 4.98 Å². The van der Waals surface area contributed by atoms with Crippen LogP contribution in [0, 0.1) is 0 Å². The highest BCUT2D eigenvalue weighted by atomic mass is 16.6. The molecule has 0 saturated heterocycles. The van der Waals surface area contributed by atoms with Crippen LogP contribution in [0.1, 0.15) is 13.8 Å². The molecule has 0 N–H and O–H groups in total. The maximum absolute atomic E-state index is 5.12. The molecule has 1 heterocycles. The predicted molar refractivity (Wildman–Crippen MR) is 32.3 cm³/mol. The van der Waals surface area contributed by atoms with Gasteiger partial charge in [0.25, 0.3) is 0 Å². The highest BCUT2D eigenvalue weighted by molar-refractivity contribution is 4.94. The van der Waals surface area contributed by atoms with Gasteiger partial charge in [-0.25, -0.2) is 4.98 Å². The first kappa shape index (κ1) is 6.13. The Balaban J connectivity index is 2.48. The van der Waals surface area contributed by atoms with E-state index in [1.54, 1.807) is 6.20 Å². The lowest BCUT2D eigenvalue weighted by Crippen LogP contribution is -2.04. The molecule has 50 valence electrons. The normalized spacial score (nSPS) is 10.1. The molecule has 0 atom stereocenters. The van der Waals surface area contributed by atoms with Gasteiger partial charge in [-0.3, -0.25) is 0 Å². The minimum Gasteiger partial charge on any atom is -0.461 e. The van der Waals surface area contributed by atoms with E-state index in [-0.39, 0.29) is 6.10 Å². The molecule has 0 fully saturated rings. The summed E-state index contributed by atoms with van der Waals surface area (Å²) in [6.45, 7) is 3.87. The minimum atomic E-state index is 0.151. The van der Waals surface area contributed by atoms with Crippen LogP contribution in [-0.4, -0.2) is 11.1 Å². The van der Waals surface area contributed by atoms with Gasteiger partial charge in [0, 0.05) is 0 Å². The van der Waals surface area contributed by atoms with Crippen molar-refractivity contribution in [3.05, 3.63) is 12.6 Å². The van der Waals surface area contributed by atoms with Crippen LogP contribution in [0.5, 0.6) is 5.95 Å². The molecule has 0 aliphatic rings. The highest BCUT2D eigenvalue weighted by Gasteiger charge is 1.97. The fourth-order valence-corrected chi connectivity index (χ4v) is 0.495. The lowest BCUT2D eigenvalue weighted by atomic mass is 10.5. The van der Waals surface area contributed by atoms with Gasteiger partial charge in [-0.2, -0.15) is 0 Å². The fourth-order valence-electron chi connectivity index (χ4n) is 0.495. The van der Waals surface area contributed by atoms with Crippen molar-refractivity contribution in [2.75, 3.05) is 0 Å². The Bertz CT molecular complexity index is 158. The van der Waals surface area contributed by atoms with E-state index in [0.717, 1.165) is 0 Å². The molecule has 0 amide bonds. The largest absolute Gasteiger partial charge is 0.461 e. The van der Waals surface area contributed by atoms with Gasteiger partial charge < -0.3 is 9.15 Å². The van der Waals surface area contributed by atoms with E-state index in [9.17, 15) is 0 Å². The highest BCUT2D eigenvalue weighted by Crippen LogP contribution is 2.08. The molecular weight excluding hydrogens is 118 g/mol. The monoisotopic (exact) mass is 127 g/mol. The molecule has 1 aromatic heterocycles. The summed E-state index contributed by atoms with van der Waals surface area (Å²) in [6, 6.07) is 0. The molecule has 9 heavy (non-hydrogen) atoms. The molecule has 0 saturated carbocycles. The van der Waals surface area contributed by atoms with Crippen LogP contribution in [0.4, 0.5) is 0 Å². The molecule has 0 unspecified atom stereocenters. The van der Waals surface area contributed by atoms with E-state index in [4.69, 9.17) is 9.15 Å². The molecular formula is C6H9NO2. The molecule has 0 spiro atoms. The first-order valence-corrected chi connectivity index (χ1v) is 2.84. The van der Waals surface area contributed by atoms with E-state index in [1.807, 2.05) is 13.8 Å². The summed E-state index contributed by atoms with van der Waals surface area (Å²) >= 11 is 0. The van der Waals surface area contributed by atoms with Crippen molar-refractivity contribution in [1.29, 1.82) is 0 Å². The number of hydrogen-bond acceptors (Lipinski definition) is 3. The zero-order valence-corrected chi connectivity index (χ0v) is 5.50. The molecule has 0 aromatic carbocycles. The maximum Gasteiger partial charge on any atom is 0.305 e. The van der Waals surface area contributed by atoms with Crippen LogP contribution in [0.3, 0.4) is 0 Å². The second kappa shape index (κ2) is 2.53. The average molecular weight is 127 g/mol. The molecule has 3 nitrogen and oxygen atoms in total. The summed E-state index contributed by atoms with van der Waals surface area (Å²) in [7, 11) is 0. The number of rotatable bonds is 2. The van der Waals surface area contributed by atoms with E-state index in [2.05, 4.69) is 4.98 Å². The third-order valence-electron chi connectivity index (χ3n) is 0.762. The van der Waals surface area contributed by atoms with Crippen molar-refractivity contribution in [3.8, 4) is 5.95 Å². The molecule has 1 rings (SSSR count). The van der Waals surface area contributed by atoms with Gasteiger partial charge in [-0.15, -0.1) is 0 Å². The van der Waals surface area contributed by atoms with Crippen molar-refractivity contribution >= 4 is 0 Å². The predicted octanol–water partition coefficient (Wildman–Crippen LogP) is 1.46. The molecule has 0 bridgehead atoms. The van der Waals surface area contributed by atoms with Crippen LogP contribution in [-0.2, 0) is 0 Å². The quantitative estimate of drug-likeness (QED) is 0.603. The van der Waals surface area contributed by atoms with Gasteiger partial charge >= 0.3 is 5.95 Å². The standard InChI is InChI=1S/C6H9NO2/c1-5(2)9-6-3-7-4-8-6/h3-5H,1-2H3. The van der Waals surface area contributed by atoms with Gasteiger partial charge in [-0.05, 0) is 13.8 Å². The number of nitrogens with zero attached hydrogens (tertiary/aromatic N) is 1. The van der Waals surface area contributed by atoms with Crippen LogP contribution in [0.2, 0.25) is 0 Å². The smallest absolute Gasteiger partial charge is 0.305 e. The lowest BCUT2D eigenvalue weighted by Gasteiger charge is -2.02. The SMILES string of the molecule is CC(C)Oc1cnco1. The van der Waals surface area contributed by atoms with Crippen molar-refractivity contribution in [2.24, 2.45) is 0 Å². The second-order valence-electron chi connectivity index (χ2n) is 1.99. The Morgan fingerprint density at radius 1 is 1.67 bits per heavy atom. The van der Waals surface area contributed by atoms with E-state index < -0.39 is 0 Å². The van der Waals surface area contributed by atoms with E-state index in [0.29, 0.717) is 5.95 Å². The summed E-state index contributed by atoms with van der Waals surface area (Å²) in [5, 5.41) is 0. The van der Waals surface area contributed by atoms with Gasteiger partial charge in [0.05, 0.1) is 6.10 Å². The summed E-state index contributed by atoms with van der Waals surface area (Å²) in [6.07, 6.45) is 3.04. The van der Waals surface area contributed by atoms with E-state index >= 15 is 0 Å². The Labute approximate surface area is 53.7 Å². The molecule has 0 aliphatic carbocycles. The minimum absolute atomic E-state index is 0.151. The van der Waals surface area contributed by atoms with Crippen LogP contribution in [0.25, 0.3) is 0 Å². The van der Waals surface area contributed by atoms with Gasteiger partial charge in [0.2, 0.25) is 0 Å². The van der Waals surface area contributed by atoms with Crippen molar-refractivity contribution < 1.29 is 9.15 Å². The zero-order chi connectivity index (χ0) is 6.69. The summed E-state index contributed by atoms with van der Waals surface area (Å²) in [5.41, 5.74) is 0. The Morgan fingerprint density at radius 2 is 2.44 bits per heavy atom. The van der Waals surface area contributed by atoms with Gasteiger partial charge in [0.1, 0.15) is 6.20 Å². The van der Waals surface area contributed by atoms with Crippen LogP contribution >= 0.6 is 0 Å². The number of aromatic nitrogens is 1.